The van der Waals surface area contributed by atoms with Crippen LogP contribution in [0, 0.1) is 11.3 Å². The Kier molecular flexibility index (Phi) is 2.29. The van der Waals surface area contributed by atoms with E-state index in [1.165, 1.54) is 17.5 Å². The van der Waals surface area contributed by atoms with Crippen LogP contribution in [0.4, 0.5) is 0 Å². The SMILES string of the molecule is CCc1ccc(C2(C#N)CCC2)cc1. The molecule has 0 unspecified atom stereocenters. The van der Waals surface area contributed by atoms with Crippen LogP contribution in [0.25, 0.3) is 0 Å². The van der Waals surface area contributed by atoms with Crippen molar-refractivity contribution >= 4 is 0 Å². The number of aryl methyl sites for hydroxylation is 1. The predicted octanol–water partition coefficient (Wildman–Crippen LogP) is 3.19. The molecule has 1 aromatic rings. The van der Waals surface area contributed by atoms with Gasteiger partial charge in [0, 0.05) is 0 Å². The van der Waals surface area contributed by atoms with Gasteiger partial charge < -0.3 is 0 Å². The minimum atomic E-state index is -0.147. The van der Waals surface area contributed by atoms with Crippen LogP contribution in [0.2, 0.25) is 0 Å². The van der Waals surface area contributed by atoms with Gasteiger partial charge in [-0.1, -0.05) is 31.2 Å². The first-order valence-electron chi connectivity index (χ1n) is 5.31. The van der Waals surface area contributed by atoms with Gasteiger partial charge in [0.15, 0.2) is 0 Å². The van der Waals surface area contributed by atoms with Crippen LogP contribution < -0.4 is 0 Å². The molecule has 0 radical (unpaired) electrons. The maximum atomic E-state index is 9.17. The second kappa shape index (κ2) is 3.46. The predicted molar refractivity (Wildman–Crippen MR) is 57.0 cm³/mol. The molecule has 1 heteroatoms. The Morgan fingerprint density at radius 3 is 2.29 bits per heavy atom. The van der Waals surface area contributed by atoms with E-state index in [4.69, 9.17) is 5.26 Å². The molecule has 2 rings (SSSR count). The summed E-state index contributed by atoms with van der Waals surface area (Å²) in [7, 11) is 0. The van der Waals surface area contributed by atoms with Gasteiger partial charge in [0.25, 0.3) is 0 Å². The van der Waals surface area contributed by atoms with Gasteiger partial charge in [-0.05, 0) is 36.8 Å². The van der Waals surface area contributed by atoms with Crippen LogP contribution in [0.3, 0.4) is 0 Å². The summed E-state index contributed by atoms with van der Waals surface area (Å²) >= 11 is 0. The van der Waals surface area contributed by atoms with Crippen LogP contribution >= 0.6 is 0 Å². The molecular formula is C13H15N. The second-order valence-corrected chi connectivity index (χ2v) is 4.10. The topological polar surface area (TPSA) is 23.8 Å². The largest absolute Gasteiger partial charge is 0.197 e. The van der Waals surface area contributed by atoms with E-state index in [1.807, 2.05) is 0 Å². The minimum absolute atomic E-state index is 0.147. The van der Waals surface area contributed by atoms with Crippen molar-refractivity contribution in [1.82, 2.24) is 0 Å². The van der Waals surface area contributed by atoms with E-state index < -0.39 is 0 Å². The highest BCUT2D eigenvalue weighted by atomic mass is 14.4. The van der Waals surface area contributed by atoms with Gasteiger partial charge in [-0.2, -0.15) is 5.26 Å². The van der Waals surface area contributed by atoms with Crippen molar-refractivity contribution < 1.29 is 0 Å². The third-order valence-electron chi connectivity index (χ3n) is 3.34. The second-order valence-electron chi connectivity index (χ2n) is 4.10. The average molecular weight is 185 g/mol. The average Bonchev–Trinajstić information content (AvgIpc) is 2.18. The standard InChI is InChI=1S/C13H15N/c1-2-11-4-6-12(7-5-11)13(10-14)8-3-9-13/h4-7H,2-3,8-9H2,1H3. The molecule has 0 aliphatic heterocycles. The zero-order valence-electron chi connectivity index (χ0n) is 8.59. The Morgan fingerprint density at radius 1 is 1.29 bits per heavy atom. The molecule has 1 aromatic carbocycles. The summed E-state index contributed by atoms with van der Waals surface area (Å²) in [5.41, 5.74) is 2.41. The normalized spacial score (nSPS) is 18.3. The highest BCUT2D eigenvalue weighted by Gasteiger charge is 2.38. The quantitative estimate of drug-likeness (QED) is 0.694. The molecular weight excluding hydrogens is 170 g/mol. The maximum absolute atomic E-state index is 9.17. The molecule has 1 fully saturated rings. The molecule has 0 spiro atoms. The third kappa shape index (κ3) is 1.32. The van der Waals surface area contributed by atoms with Crippen molar-refractivity contribution in [3.8, 4) is 6.07 Å². The Morgan fingerprint density at radius 2 is 1.93 bits per heavy atom. The summed E-state index contributed by atoms with van der Waals surface area (Å²) in [5, 5.41) is 9.17. The Bertz CT molecular complexity index is 352. The Labute approximate surface area is 85.4 Å². The molecule has 0 N–H and O–H groups in total. The van der Waals surface area contributed by atoms with Crippen molar-refractivity contribution in [3.63, 3.8) is 0 Å². The first kappa shape index (κ1) is 9.27. The Balaban J connectivity index is 2.29. The molecule has 0 atom stereocenters. The van der Waals surface area contributed by atoms with E-state index in [-0.39, 0.29) is 5.41 Å². The monoisotopic (exact) mass is 185 g/mol. The summed E-state index contributed by atoms with van der Waals surface area (Å²) in [6.45, 7) is 2.15. The number of nitriles is 1. The summed E-state index contributed by atoms with van der Waals surface area (Å²) < 4.78 is 0. The lowest BCUT2D eigenvalue weighted by Gasteiger charge is -2.35. The smallest absolute Gasteiger partial charge is 0.0822 e. The van der Waals surface area contributed by atoms with E-state index in [9.17, 15) is 0 Å². The molecule has 72 valence electrons. The lowest BCUT2D eigenvalue weighted by molar-refractivity contribution is 0.324. The van der Waals surface area contributed by atoms with Gasteiger partial charge in [-0.25, -0.2) is 0 Å². The van der Waals surface area contributed by atoms with Gasteiger partial charge in [0.05, 0.1) is 11.5 Å². The fourth-order valence-corrected chi connectivity index (χ4v) is 2.05. The van der Waals surface area contributed by atoms with Crippen molar-refractivity contribution in [2.75, 3.05) is 0 Å². The number of benzene rings is 1. The number of hydrogen-bond donors (Lipinski definition) is 0. The molecule has 0 heterocycles. The van der Waals surface area contributed by atoms with Crippen LogP contribution in [0.5, 0.6) is 0 Å². The van der Waals surface area contributed by atoms with E-state index >= 15 is 0 Å². The molecule has 0 saturated heterocycles. The third-order valence-corrected chi connectivity index (χ3v) is 3.34. The van der Waals surface area contributed by atoms with Gasteiger partial charge in [0.1, 0.15) is 0 Å². The highest BCUT2D eigenvalue weighted by molar-refractivity contribution is 5.36. The minimum Gasteiger partial charge on any atom is -0.197 e. The number of hydrogen-bond acceptors (Lipinski definition) is 1. The van der Waals surface area contributed by atoms with E-state index in [1.54, 1.807) is 0 Å². The number of rotatable bonds is 2. The maximum Gasteiger partial charge on any atom is 0.0822 e. The van der Waals surface area contributed by atoms with Gasteiger partial charge in [0.2, 0.25) is 0 Å². The molecule has 0 aromatic heterocycles. The van der Waals surface area contributed by atoms with Gasteiger partial charge >= 0.3 is 0 Å². The fourth-order valence-electron chi connectivity index (χ4n) is 2.05. The van der Waals surface area contributed by atoms with Crippen LogP contribution in [0.1, 0.15) is 37.3 Å². The summed E-state index contributed by atoms with van der Waals surface area (Å²) in [5.74, 6) is 0. The lowest BCUT2D eigenvalue weighted by atomic mass is 9.65. The van der Waals surface area contributed by atoms with Crippen molar-refractivity contribution in [3.05, 3.63) is 35.4 Å². The van der Waals surface area contributed by atoms with Crippen LogP contribution in [-0.4, -0.2) is 0 Å². The zero-order chi connectivity index (χ0) is 10.0. The van der Waals surface area contributed by atoms with E-state index in [0.717, 1.165) is 19.3 Å². The summed E-state index contributed by atoms with van der Waals surface area (Å²) in [6, 6.07) is 11.0. The fraction of sp³-hybridized carbons (Fsp3) is 0.462. The first-order valence-corrected chi connectivity index (χ1v) is 5.31. The van der Waals surface area contributed by atoms with Crippen LogP contribution in [-0.2, 0) is 11.8 Å². The first-order chi connectivity index (χ1) is 6.80. The zero-order valence-corrected chi connectivity index (χ0v) is 8.59. The molecule has 1 aliphatic carbocycles. The van der Waals surface area contributed by atoms with Crippen molar-refractivity contribution in [2.45, 2.75) is 38.0 Å². The van der Waals surface area contributed by atoms with Crippen molar-refractivity contribution in [1.29, 1.82) is 5.26 Å². The molecule has 0 bridgehead atoms. The van der Waals surface area contributed by atoms with E-state index in [0.29, 0.717) is 0 Å². The highest BCUT2D eigenvalue weighted by Crippen LogP contribution is 2.42. The molecule has 1 aliphatic rings. The lowest BCUT2D eigenvalue weighted by Crippen LogP contribution is -2.32. The molecule has 1 saturated carbocycles. The molecule has 1 nitrogen and oxygen atoms in total. The molecule has 14 heavy (non-hydrogen) atoms. The van der Waals surface area contributed by atoms with E-state index in [2.05, 4.69) is 37.3 Å². The summed E-state index contributed by atoms with van der Waals surface area (Å²) in [6.07, 6.45) is 4.34. The summed E-state index contributed by atoms with van der Waals surface area (Å²) in [4.78, 5) is 0. The van der Waals surface area contributed by atoms with Crippen LogP contribution in [0.15, 0.2) is 24.3 Å². The van der Waals surface area contributed by atoms with Crippen molar-refractivity contribution in [2.24, 2.45) is 0 Å². The van der Waals surface area contributed by atoms with Gasteiger partial charge in [-0.15, -0.1) is 0 Å². The van der Waals surface area contributed by atoms with Gasteiger partial charge in [-0.3, -0.25) is 0 Å². The number of nitrogens with zero attached hydrogens (tertiary/aromatic N) is 1. The Hall–Kier alpha value is -1.29. The molecule has 0 amide bonds.